The van der Waals surface area contributed by atoms with Crippen LogP contribution in [0.4, 0.5) is 83.4 Å². The lowest BCUT2D eigenvalue weighted by Crippen LogP contribution is -2.72. The minimum Gasteiger partial charge on any atom is -0.279 e. The molecule has 0 saturated carbocycles. The van der Waals surface area contributed by atoms with E-state index in [0.717, 1.165) is 4.74 Å². The predicted molar refractivity (Wildman–Crippen MR) is 59.3 cm³/mol. The molecule has 0 aromatic carbocycles. The summed E-state index contributed by atoms with van der Waals surface area (Å²) in [5, 5.41) is 0. The predicted octanol–water partition coefficient (Wildman–Crippen LogP) is 5.34. The number of hydrogen-bond acceptors (Lipinski definition) is 4. The molecule has 0 aliphatic carbocycles. The van der Waals surface area contributed by atoms with E-state index in [0.29, 0.717) is 0 Å². The number of ether oxygens (including phenoxy) is 2. The Morgan fingerprint density at radius 3 is 1.03 bits per heavy atom. The molecule has 34 heavy (non-hydrogen) atoms. The molecule has 2 unspecified atom stereocenters. The highest BCUT2D eigenvalue weighted by Crippen LogP contribution is 2.61. The van der Waals surface area contributed by atoms with E-state index in [1.54, 1.807) is 0 Å². The Hall–Kier alpha value is -1.50. The zero-order chi connectivity index (χ0) is 28.4. The lowest BCUT2D eigenvalue weighted by Gasteiger charge is -2.42. The average molecular weight is 582 g/mol. The summed E-state index contributed by atoms with van der Waals surface area (Å²) in [4.78, 5) is 0. The van der Waals surface area contributed by atoms with Crippen LogP contribution in [0.5, 0.6) is 0 Å². The maximum Gasteiger partial charge on any atom is 0.491 e. The smallest absolute Gasteiger partial charge is 0.279 e. The van der Waals surface area contributed by atoms with Crippen molar-refractivity contribution in [2.24, 2.45) is 0 Å². The second kappa shape index (κ2) is 8.01. The van der Waals surface area contributed by atoms with Crippen molar-refractivity contribution in [2.75, 3.05) is 0 Å². The third-order valence-corrected chi connectivity index (χ3v) is 3.77. The summed E-state index contributed by atoms with van der Waals surface area (Å²) in [6, 6.07) is 0. The average Bonchev–Trinajstić information content (AvgIpc) is 2.48. The molecule has 0 aliphatic rings. The number of halogens is 19. The monoisotopic (exact) mass is 582 g/mol. The Bertz CT molecular complexity index is 855. The SMILES string of the molecule is O=S(=O)(O)C(F)(F)OC(F)(C(F)(F)F)C(F)(F)OC(F)(C(F)(F)F)C(F)(F)C(F)(F)C(F)(F)F. The molecule has 0 aliphatic heterocycles. The molecule has 0 aromatic rings. The van der Waals surface area contributed by atoms with Crippen LogP contribution in [0, 0.1) is 0 Å². The van der Waals surface area contributed by atoms with Gasteiger partial charge in [-0.2, -0.15) is 91.8 Å². The van der Waals surface area contributed by atoms with Crippen LogP contribution < -0.4 is 0 Å². The summed E-state index contributed by atoms with van der Waals surface area (Å²) < 4.78 is 273. The number of rotatable bonds is 8. The van der Waals surface area contributed by atoms with Crippen molar-refractivity contribution in [3.63, 3.8) is 0 Å². The Labute approximate surface area is 171 Å². The highest BCUT2D eigenvalue weighted by molar-refractivity contribution is 7.86. The summed E-state index contributed by atoms with van der Waals surface area (Å²) in [5.74, 6) is -34.2. The van der Waals surface area contributed by atoms with Gasteiger partial charge in [-0.15, -0.1) is 0 Å². The molecule has 25 heteroatoms. The lowest BCUT2D eigenvalue weighted by atomic mass is 10.0. The van der Waals surface area contributed by atoms with Gasteiger partial charge in [0.2, 0.25) is 0 Å². The molecular formula is C9HF19O5S. The van der Waals surface area contributed by atoms with Gasteiger partial charge in [0, 0.05) is 0 Å². The zero-order valence-corrected chi connectivity index (χ0v) is 15.0. The molecule has 0 bridgehead atoms. The zero-order valence-electron chi connectivity index (χ0n) is 14.2. The Balaban J connectivity index is 7.16. The molecule has 0 heterocycles. The van der Waals surface area contributed by atoms with E-state index in [-0.39, 0.29) is 0 Å². The van der Waals surface area contributed by atoms with Crippen LogP contribution in [-0.2, 0) is 19.6 Å². The van der Waals surface area contributed by atoms with Gasteiger partial charge in [0.15, 0.2) is 0 Å². The first-order valence-corrected chi connectivity index (χ1v) is 8.07. The molecule has 0 spiro atoms. The molecular weight excluding hydrogens is 581 g/mol. The van der Waals surface area contributed by atoms with Crippen molar-refractivity contribution in [3.8, 4) is 0 Å². The highest BCUT2D eigenvalue weighted by Gasteiger charge is 2.91. The van der Waals surface area contributed by atoms with E-state index in [2.05, 4.69) is 0 Å². The van der Waals surface area contributed by atoms with Crippen molar-refractivity contribution in [3.05, 3.63) is 0 Å². The van der Waals surface area contributed by atoms with E-state index >= 15 is 0 Å². The van der Waals surface area contributed by atoms with Crippen LogP contribution in [0.25, 0.3) is 0 Å². The number of hydrogen-bond donors (Lipinski definition) is 1. The molecule has 0 fully saturated rings. The molecule has 5 nitrogen and oxygen atoms in total. The summed E-state index contributed by atoms with van der Waals surface area (Å²) in [6.45, 7) is 0. The normalized spacial score (nSPS) is 19.5. The first kappa shape index (κ1) is 32.5. The quantitative estimate of drug-likeness (QED) is 0.309. The maximum absolute atomic E-state index is 13.7. The summed E-state index contributed by atoms with van der Waals surface area (Å²) in [7, 11) is -7.62. The van der Waals surface area contributed by atoms with Crippen molar-refractivity contribution >= 4 is 10.1 Å². The minimum atomic E-state index is -8.77. The second-order valence-electron chi connectivity index (χ2n) is 5.49. The van der Waals surface area contributed by atoms with Gasteiger partial charge in [-0.25, -0.2) is 0 Å². The molecule has 206 valence electrons. The molecule has 0 aromatic heterocycles. The van der Waals surface area contributed by atoms with E-state index < -0.39 is 63.8 Å². The van der Waals surface area contributed by atoms with E-state index in [1.165, 1.54) is 4.74 Å². The molecule has 0 rings (SSSR count). The number of alkyl halides is 19. The van der Waals surface area contributed by atoms with Gasteiger partial charge in [0.05, 0.1) is 0 Å². The fraction of sp³-hybridized carbons (Fsp3) is 1.00. The fourth-order valence-corrected chi connectivity index (χ4v) is 1.64. The topological polar surface area (TPSA) is 72.8 Å². The van der Waals surface area contributed by atoms with Crippen LogP contribution in [-0.4, -0.2) is 66.6 Å². The fourth-order valence-electron chi connectivity index (χ4n) is 1.42. The summed E-state index contributed by atoms with van der Waals surface area (Å²) in [5.41, 5.74) is -7.31. The van der Waals surface area contributed by atoms with Gasteiger partial charge >= 0.3 is 63.8 Å². The summed E-state index contributed by atoms with van der Waals surface area (Å²) >= 11 is 0. The standard InChI is InChI=1S/C9HF19O5S/c10-1(11,2(12,13)5(16,17)18)3(14,6(19,20)21)32-8(25,26)4(15,7(22,23)24)33-9(27,28)34(29,30)31/h(H,29,30,31). The van der Waals surface area contributed by atoms with Crippen LogP contribution >= 0.6 is 0 Å². The second-order valence-corrected chi connectivity index (χ2v) is 6.92. The summed E-state index contributed by atoms with van der Waals surface area (Å²) in [6.07, 6.45) is -33.0. The van der Waals surface area contributed by atoms with Crippen LogP contribution in [0.3, 0.4) is 0 Å². The third-order valence-electron chi connectivity index (χ3n) is 3.09. The van der Waals surface area contributed by atoms with Crippen LogP contribution in [0.1, 0.15) is 0 Å². The van der Waals surface area contributed by atoms with Crippen LogP contribution in [0.15, 0.2) is 0 Å². The maximum atomic E-state index is 13.7. The molecule has 1 N–H and O–H groups in total. The van der Waals surface area contributed by atoms with Gasteiger partial charge in [-0.1, -0.05) is 0 Å². The van der Waals surface area contributed by atoms with E-state index in [9.17, 15) is 91.8 Å². The van der Waals surface area contributed by atoms with Crippen molar-refractivity contribution in [1.29, 1.82) is 0 Å². The Kier molecular flexibility index (Phi) is 7.65. The molecule has 0 saturated heterocycles. The van der Waals surface area contributed by atoms with E-state index in [4.69, 9.17) is 4.55 Å². The van der Waals surface area contributed by atoms with Gasteiger partial charge in [-0.3, -0.25) is 14.0 Å². The third kappa shape index (κ3) is 4.91. The lowest BCUT2D eigenvalue weighted by molar-refractivity contribution is -0.551. The Morgan fingerprint density at radius 2 is 0.794 bits per heavy atom. The van der Waals surface area contributed by atoms with Gasteiger partial charge < -0.3 is 0 Å². The van der Waals surface area contributed by atoms with Gasteiger partial charge in [-0.05, 0) is 0 Å². The van der Waals surface area contributed by atoms with Crippen molar-refractivity contribution < 1.29 is 106 Å². The first-order chi connectivity index (χ1) is 14.2. The van der Waals surface area contributed by atoms with Crippen LogP contribution in [0.2, 0.25) is 0 Å². The molecule has 0 radical (unpaired) electrons. The minimum absolute atomic E-state index is 1.00. The Morgan fingerprint density at radius 1 is 0.471 bits per heavy atom. The van der Waals surface area contributed by atoms with Crippen molar-refractivity contribution in [1.82, 2.24) is 0 Å². The van der Waals surface area contributed by atoms with Gasteiger partial charge in [0.1, 0.15) is 0 Å². The van der Waals surface area contributed by atoms with Crippen molar-refractivity contribution in [2.45, 2.75) is 53.6 Å². The largest absolute Gasteiger partial charge is 0.491 e. The highest BCUT2D eigenvalue weighted by atomic mass is 32.2. The molecule has 0 amide bonds. The molecule has 2 atom stereocenters. The van der Waals surface area contributed by atoms with Gasteiger partial charge in [0.25, 0.3) is 0 Å². The van der Waals surface area contributed by atoms with E-state index in [1.807, 2.05) is 0 Å². The first-order valence-electron chi connectivity index (χ1n) is 6.63.